The number of aliphatic hydroxyl groups excluding tert-OH is 1. The van der Waals surface area contributed by atoms with Crippen LogP contribution in [-0.2, 0) is 33.4 Å². The number of nitrogens with zero attached hydrogens (tertiary/aromatic N) is 2. The number of benzene rings is 1. The van der Waals surface area contributed by atoms with E-state index in [-0.39, 0.29) is 67.0 Å². The van der Waals surface area contributed by atoms with Crippen molar-refractivity contribution in [1.29, 1.82) is 0 Å². The van der Waals surface area contributed by atoms with Crippen molar-refractivity contribution in [2.24, 2.45) is 34.5 Å². The predicted octanol–water partition coefficient (Wildman–Crippen LogP) is 5.00. The van der Waals surface area contributed by atoms with Gasteiger partial charge in [-0.05, 0) is 101 Å². The van der Waals surface area contributed by atoms with Gasteiger partial charge in [-0.1, -0.05) is 25.5 Å². The zero-order valence-electron chi connectivity index (χ0n) is 38.6. The van der Waals surface area contributed by atoms with Crippen LogP contribution in [0.5, 0.6) is 5.75 Å². The first-order chi connectivity index (χ1) is 31.9. The summed E-state index contributed by atoms with van der Waals surface area (Å²) < 4.78 is 57.0. The Morgan fingerprint density at radius 1 is 0.985 bits per heavy atom. The fourth-order valence-electron chi connectivity index (χ4n) is 13.2. The van der Waals surface area contributed by atoms with Crippen molar-refractivity contribution in [1.82, 2.24) is 9.88 Å². The number of aromatic nitrogens is 1. The van der Waals surface area contributed by atoms with Gasteiger partial charge in [0.25, 0.3) is 0 Å². The topological polar surface area (TPSA) is 200 Å². The monoisotopic (exact) mass is 933 g/mol. The number of methoxy groups -OCH3 is 1. The third-order valence-electron chi connectivity index (χ3n) is 16.8. The number of nitrogens with one attached hydrogen (secondary N) is 1. The van der Waals surface area contributed by atoms with E-state index in [0.29, 0.717) is 55.0 Å². The van der Waals surface area contributed by atoms with Crippen LogP contribution in [0, 0.1) is 40.3 Å². The molecule has 10 atom stereocenters. The summed E-state index contributed by atoms with van der Waals surface area (Å²) in [7, 11) is 1.45. The molecule has 2 aromatic rings. The van der Waals surface area contributed by atoms with E-state index in [0.717, 1.165) is 32.2 Å². The Bertz CT molecular complexity index is 2510. The Morgan fingerprint density at radius 2 is 1.72 bits per heavy atom. The number of carbonyl (C=O) groups excluding carboxylic acids is 5. The van der Waals surface area contributed by atoms with Gasteiger partial charge in [-0.15, -0.1) is 0 Å². The van der Waals surface area contributed by atoms with E-state index in [1.54, 1.807) is 26.8 Å². The minimum atomic E-state index is -2.13. The molecule has 0 unspecified atom stereocenters. The molecule has 0 amide bonds. The first-order valence-corrected chi connectivity index (χ1v) is 23.9. The number of esters is 3. The van der Waals surface area contributed by atoms with Crippen LogP contribution in [0.4, 0.5) is 14.5 Å². The van der Waals surface area contributed by atoms with Crippen molar-refractivity contribution in [3.8, 4) is 5.75 Å². The molecule has 6 fully saturated rings. The quantitative estimate of drug-likeness (QED) is 0.130. The summed E-state index contributed by atoms with van der Waals surface area (Å²) >= 11 is 0. The maximum absolute atomic E-state index is 17.5. The molecule has 0 bridgehead atoms. The highest BCUT2D eigenvalue weighted by Crippen LogP contribution is 2.70. The Labute approximate surface area is 387 Å². The Balaban J connectivity index is 0.754. The maximum atomic E-state index is 17.5. The molecule has 67 heavy (non-hydrogen) atoms. The lowest BCUT2D eigenvalue weighted by atomic mass is 9.44. The number of rotatable bonds is 14. The number of allylic oxidation sites excluding steroid dienone is 4. The number of carbonyl (C=O) groups is 5. The molecule has 2 aliphatic heterocycles. The van der Waals surface area contributed by atoms with Crippen LogP contribution in [0.25, 0.3) is 10.9 Å². The number of aliphatic hydroxyl groups is 2. The summed E-state index contributed by atoms with van der Waals surface area (Å²) in [5.74, 6) is -5.37. The van der Waals surface area contributed by atoms with E-state index < -0.39 is 93.9 Å². The van der Waals surface area contributed by atoms with Gasteiger partial charge in [-0.2, -0.15) is 0 Å². The summed E-state index contributed by atoms with van der Waals surface area (Å²) in [5.41, 5.74) is -6.23. The highest BCUT2D eigenvalue weighted by atomic mass is 19.1. The van der Waals surface area contributed by atoms with Crippen molar-refractivity contribution < 1.29 is 61.9 Å². The number of anilines is 1. The van der Waals surface area contributed by atoms with Crippen molar-refractivity contribution in [2.45, 2.75) is 121 Å². The number of piperidine rings is 1. The Hall–Kier alpha value is -5.00. The van der Waals surface area contributed by atoms with Gasteiger partial charge in [-0.3, -0.25) is 24.0 Å². The van der Waals surface area contributed by atoms with E-state index in [1.165, 1.54) is 31.5 Å². The zero-order valence-corrected chi connectivity index (χ0v) is 38.6. The lowest BCUT2D eigenvalue weighted by molar-refractivity contribution is -0.220. The van der Waals surface area contributed by atoms with Crippen LogP contribution in [-0.4, -0.2) is 114 Å². The minimum Gasteiger partial charge on any atom is -0.492 e. The third-order valence-corrected chi connectivity index (χ3v) is 16.8. The molecule has 1 aromatic heterocycles. The number of ether oxygens (including phenoxy) is 4. The van der Waals surface area contributed by atoms with Gasteiger partial charge in [0.2, 0.25) is 11.2 Å². The van der Waals surface area contributed by atoms with Crippen molar-refractivity contribution >= 4 is 46.1 Å². The Morgan fingerprint density at radius 3 is 2.43 bits per heavy atom. The molecule has 362 valence electrons. The molecule has 1 aromatic carbocycles. The van der Waals surface area contributed by atoms with E-state index >= 15 is 8.78 Å². The van der Waals surface area contributed by atoms with Gasteiger partial charge in [0.05, 0.1) is 50.2 Å². The van der Waals surface area contributed by atoms with Crippen LogP contribution in [0.1, 0.15) is 108 Å². The van der Waals surface area contributed by atoms with Crippen molar-refractivity contribution in [3.63, 3.8) is 0 Å². The largest absolute Gasteiger partial charge is 0.492 e. The van der Waals surface area contributed by atoms with Gasteiger partial charge in [0.1, 0.15) is 16.9 Å². The average molecular weight is 934 g/mol. The standard InChI is InChI=1S/C50H61F2N3O12/c1-27-19-35-34-11-8-29-20-31(56)14-15-47(29,2)49(34,52)38(57)22-48(35,3)50(27,63)39(58)26-67-41(60)13-12-40(59)65-17-6-18-66-46(62)33-24-55(30-9-10-30)42-32(44(33)61)21-36(51)43(45(42)64-4)54-23-28-7-5-16-53-37(28)25-54/h14-15,20-21,24,27-28,30,34-35,37-38,53,57,63H,5-13,16-19,22-23,25-26H2,1-4H3/t27-,28-,34+,35+,37+,38+,47+,48+,49+,50+/m1/s1. The van der Waals surface area contributed by atoms with E-state index in [1.807, 2.05) is 9.47 Å². The van der Waals surface area contributed by atoms with Crippen LogP contribution in [0.3, 0.4) is 0 Å². The average Bonchev–Trinajstić information content (AvgIpc) is 4.02. The summed E-state index contributed by atoms with van der Waals surface area (Å²) in [4.78, 5) is 80.3. The lowest BCUT2D eigenvalue weighted by Gasteiger charge is -2.62. The molecule has 3 heterocycles. The second-order valence-corrected chi connectivity index (χ2v) is 20.5. The molecule has 17 heteroatoms. The first-order valence-electron chi connectivity index (χ1n) is 23.9. The molecule has 2 saturated heterocycles. The molecular formula is C50H61F2N3O12. The number of pyridine rings is 1. The number of ketones is 2. The third kappa shape index (κ3) is 7.61. The minimum absolute atomic E-state index is 0.00982. The molecule has 15 nitrogen and oxygen atoms in total. The molecular weight excluding hydrogens is 873 g/mol. The van der Waals surface area contributed by atoms with Crippen LogP contribution in [0.15, 0.2) is 40.9 Å². The lowest BCUT2D eigenvalue weighted by Crippen LogP contribution is -2.69. The second kappa shape index (κ2) is 17.5. The number of alkyl halides is 1. The van der Waals surface area contributed by atoms with Crippen molar-refractivity contribution in [2.75, 3.05) is 51.5 Å². The maximum Gasteiger partial charge on any atom is 0.343 e. The molecule has 9 rings (SSSR count). The fraction of sp³-hybridized carbons (Fsp3) is 0.640. The number of hydrogen-bond donors (Lipinski definition) is 3. The van der Waals surface area contributed by atoms with Gasteiger partial charge in [0.15, 0.2) is 29.6 Å². The SMILES string of the molecule is COc1c(N2C[C@H]3CCCN[C@H]3C2)c(F)cc2c(=O)c(C(=O)OCCCOC(=O)CCC(=O)OCC(=O)[C@@]3(O)[C@H](C)C[C@H]4[C@@H]5CCC6=CC(=O)C=C[C@]6(C)[C@@]5(F)[C@@H](O)C[C@@]43C)cn(C3CC3)c12. The highest BCUT2D eigenvalue weighted by molar-refractivity contribution is 6.01. The number of fused-ring (bicyclic) bond motifs is 7. The van der Waals surface area contributed by atoms with Crippen LogP contribution in [0.2, 0.25) is 0 Å². The van der Waals surface area contributed by atoms with E-state index in [4.69, 9.17) is 18.9 Å². The second-order valence-electron chi connectivity index (χ2n) is 20.5. The van der Waals surface area contributed by atoms with Gasteiger partial charge in [-0.25, -0.2) is 13.6 Å². The number of halogens is 2. The predicted molar refractivity (Wildman–Crippen MR) is 239 cm³/mol. The summed E-state index contributed by atoms with van der Waals surface area (Å²) in [6.45, 7) is 6.10. The summed E-state index contributed by atoms with van der Waals surface area (Å²) in [5, 5.41) is 27.3. The van der Waals surface area contributed by atoms with Gasteiger partial charge < -0.3 is 43.9 Å². The van der Waals surface area contributed by atoms with E-state index in [2.05, 4.69) is 5.32 Å². The summed E-state index contributed by atoms with van der Waals surface area (Å²) in [6.07, 6.45) is 8.05. The molecule has 0 radical (unpaired) electrons. The van der Waals surface area contributed by atoms with E-state index in [9.17, 15) is 39.0 Å². The molecule has 7 aliphatic rings. The molecule has 0 spiro atoms. The smallest absolute Gasteiger partial charge is 0.343 e. The molecule has 5 aliphatic carbocycles. The van der Waals surface area contributed by atoms with Gasteiger partial charge in [0, 0.05) is 54.5 Å². The number of hydrogen-bond acceptors (Lipinski definition) is 14. The fourth-order valence-corrected chi connectivity index (χ4v) is 13.2. The van der Waals surface area contributed by atoms with Crippen molar-refractivity contribution in [3.05, 3.63) is 57.7 Å². The Kier molecular flexibility index (Phi) is 12.3. The summed E-state index contributed by atoms with van der Waals surface area (Å²) in [6, 6.07) is 1.42. The molecule has 3 N–H and O–H groups in total. The van der Waals surface area contributed by atoms with Gasteiger partial charge >= 0.3 is 17.9 Å². The first kappa shape index (κ1) is 47.1. The number of Topliss-reactive ketones (excluding diaryl/α,β-unsaturated/α-hetero) is 1. The zero-order chi connectivity index (χ0) is 47.8. The van der Waals surface area contributed by atoms with Crippen LogP contribution < -0.4 is 20.4 Å². The normalized spacial score (nSPS) is 34.1. The van der Waals surface area contributed by atoms with Crippen LogP contribution >= 0.6 is 0 Å². The molecule has 4 saturated carbocycles. The highest BCUT2D eigenvalue weighted by Gasteiger charge is 2.75.